The van der Waals surface area contributed by atoms with E-state index in [1.807, 2.05) is 24.4 Å². The maximum absolute atomic E-state index is 12.5. The minimum Gasteiger partial charge on any atom is -0.493 e. The molecule has 0 radical (unpaired) electrons. The van der Waals surface area contributed by atoms with Crippen LogP contribution in [0.25, 0.3) is 22.5 Å². The average molecular weight is 544 g/mol. The summed E-state index contributed by atoms with van der Waals surface area (Å²) in [7, 11) is 4.78. The molecule has 4 aromatic rings. The van der Waals surface area contributed by atoms with Crippen LogP contribution < -0.4 is 19.5 Å². The first-order valence-electron chi connectivity index (χ1n) is 11.5. The first-order valence-corrected chi connectivity index (χ1v) is 11.5. The number of methoxy groups -OCH3 is 3. The van der Waals surface area contributed by atoms with Crippen molar-refractivity contribution >= 4 is 22.7 Å². The average Bonchev–Trinajstić information content (AvgIpc) is 3.22. The molecule has 12 heteroatoms. The fraction of sp³-hybridized carbons (Fsp3) is 0.259. The van der Waals surface area contributed by atoms with Gasteiger partial charge in [0.15, 0.2) is 17.3 Å². The van der Waals surface area contributed by atoms with E-state index in [1.54, 1.807) is 53.5 Å². The van der Waals surface area contributed by atoms with Gasteiger partial charge in [-0.25, -0.2) is 14.5 Å². The van der Waals surface area contributed by atoms with Gasteiger partial charge in [0.25, 0.3) is 0 Å². The van der Waals surface area contributed by atoms with Crippen LogP contribution in [0.2, 0.25) is 0 Å². The molecule has 9 nitrogen and oxygen atoms in total. The first-order chi connectivity index (χ1) is 18.4. The first kappa shape index (κ1) is 29.0. The summed E-state index contributed by atoms with van der Waals surface area (Å²) in [5.74, 6) is 0.664. The fourth-order valence-corrected chi connectivity index (χ4v) is 3.59. The van der Waals surface area contributed by atoms with E-state index in [0.717, 1.165) is 11.1 Å². The highest BCUT2D eigenvalue weighted by Crippen LogP contribution is 2.39. The number of imidazole rings is 1. The molecule has 0 atom stereocenters. The molecule has 1 amide bonds. The SMILES string of the molecule is C=C(C)c1cc(OC)c(OC)c(OC)c1.Cc1ncc2c(C)nc(-c3ccccc3NC(=O)C(F)(F)F)n2n1. The van der Waals surface area contributed by atoms with Crippen LogP contribution in [0, 0.1) is 13.8 Å². The number of anilines is 1. The number of amides is 1. The number of aryl methyl sites for hydroxylation is 2. The van der Waals surface area contributed by atoms with Gasteiger partial charge in [-0.1, -0.05) is 24.3 Å². The van der Waals surface area contributed by atoms with Crippen molar-refractivity contribution in [2.45, 2.75) is 26.9 Å². The van der Waals surface area contributed by atoms with E-state index in [0.29, 0.717) is 45.7 Å². The van der Waals surface area contributed by atoms with Gasteiger partial charge >= 0.3 is 12.1 Å². The Morgan fingerprint density at radius 1 is 1.03 bits per heavy atom. The number of alkyl halides is 3. The van der Waals surface area contributed by atoms with Gasteiger partial charge in [0.1, 0.15) is 11.3 Å². The molecule has 0 bridgehead atoms. The van der Waals surface area contributed by atoms with Crippen molar-refractivity contribution in [2.24, 2.45) is 0 Å². The third-order valence-corrected chi connectivity index (χ3v) is 5.52. The highest BCUT2D eigenvalue weighted by molar-refractivity contribution is 5.98. The lowest BCUT2D eigenvalue weighted by atomic mass is 10.1. The van der Waals surface area contributed by atoms with E-state index >= 15 is 0 Å². The van der Waals surface area contributed by atoms with Gasteiger partial charge < -0.3 is 19.5 Å². The van der Waals surface area contributed by atoms with Gasteiger partial charge in [-0.15, -0.1) is 0 Å². The molecule has 0 aliphatic rings. The van der Waals surface area contributed by atoms with Crippen LogP contribution in [0.5, 0.6) is 17.2 Å². The summed E-state index contributed by atoms with van der Waals surface area (Å²) in [6.45, 7) is 9.25. The Kier molecular flexibility index (Phi) is 8.79. The summed E-state index contributed by atoms with van der Waals surface area (Å²) < 4.78 is 54.7. The lowest BCUT2D eigenvalue weighted by molar-refractivity contribution is -0.167. The number of nitrogens with one attached hydrogen (secondary N) is 1. The van der Waals surface area contributed by atoms with Crippen LogP contribution >= 0.6 is 0 Å². The van der Waals surface area contributed by atoms with Crippen LogP contribution in [-0.2, 0) is 4.79 Å². The summed E-state index contributed by atoms with van der Waals surface area (Å²) in [6, 6.07) is 9.87. The van der Waals surface area contributed by atoms with Crippen molar-refractivity contribution in [3.05, 3.63) is 66.3 Å². The molecule has 4 rings (SSSR count). The van der Waals surface area contributed by atoms with E-state index in [4.69, 9.17) is 14.2 Å². The molecule has 1 N–H and O–H groups in total. The number of halogens is 3. The number of aromatic nitrogens is 4. The Bertz CT molecular complexity index is 1490. The Labute approximate surface area is 223 Å². The standard InChI is InChI=1S/C15H12F3N5O.C12H16O3/c1-8-12-7-19-9(2)22-23(12)13(20-8)10-5-3-4-6-11(10)21-14(24)15(16,17)18;1-8(2)9-6-10(13-3)12(15-5)11(7-9)14-4/h3-7H,1-2H3,(H,21,24);6-7H,1H2,2-5H3. The fourth-order valence-electron chi connectivity index (χ4n) is 3.59. The molecular formula is C27H28F3N5O4. The number of nitrogens with zero attached hydrogens (tertiary/aromatic N) is 4. The third kappa shape index (κ3) is 6.46. The number of benzene rings is 2. The molecule has 39 heavy (non-hydrogen) atoms. The van der Waals surface area contributed by atoms with Crippen LogP contribution in [0.3, 0.4) is 0 Å². The number of carbonyl (C=O) groups excluding carboxylic acids is 1. The zero-order valence-corrected chi connectivity index (χ0v) is 22.3. The molecular weight excluding hydrogens is 515 g/mol. The minimum absolute atomic E-state index is 0.00277. The number of rotatable bonds is 6. The van der Waals surface area contributed by atoms with E-state index in [2.05, 4.69) is 21.6 Å². The lowest BCUT2D eigenvalue weighted by Gasteiger charge is -2.13. The molecule has 0 aliphatic heterocycles. The summed E-state index contributed by atoms with van der Waals surface area (Å²) in [5.41, 5.74) is 3.52. The molecule has 0 fully saturated rings. The van der Waals surface area contributed by atoms with Crippen LogP contribution in [-0.4, -0.2) is 53.0 Å². The molecule has 206 valence electrons. The van der Waals surface area contributed by atoms with Crippen LogP contribution in [0.1, 0.15) is 24.0 Å². The highest BCUT2D eigenvalue weighted by atomic mass is 19.4. The van der Waals surface area contributed by atoms with E-state index < -0.39 is 12.1 Å². The number of hydrogen-bond acceptors (Lipinski definition) is 7. The molecule has 0 saturated heterocycles. The molecule has 0 saturated carbocycles. The summed E-state index contributed by atoms with van der Waals surface area (Å²) >= 11 is 0. The Morgan fingerprint density at radius 3 is 2.18 bits per heavy atom. The number of ether oxygens (including phenoxy) is 3. The van der Waals surface area contributed by atoms with Gasteiger partial charge in [0.05, 0.1) is 38.9 Å². The maximum Gasteiger partial charge on any atom is 0.471 e. The van der Waals surface area contributed by atoms with Crippen molar-refractivity contribution in [3.63, 3.8) is 0 Å². The lowest BCUT2D eigenvalue weighted by Crippen LogP contribution is -2.30. The molecule has 2 heterocycles. The topological polar surface area (TPSA) is 99.9 Å². The Morgan fingerprint density at radius 2 is 1.64 bits per heavy atom. The van der Waals surface area contributed by atoms with Crippen molar-refractivity contribution in [1.82, 2.24) is 19.6 Å². The van der Waals surface area contributed by atoms with Crippen molar-refractivity contribution in [2.75, 3.05) is 26.6 Å². The summed E-state index contributed by atoms with van der Waals surface area (Å²) in [5, 5.41) is 6.13. The summed E-state index contributed by atoms with van der Waals surface area (Å²) in [6.07, 6.45) is -3.39. The zero-order valence-electron chi connectivity index (χ0n) is 22.3. The van der Waals surface area contributed by atoms with Gasteiger partial charge in [-0.2, -0.15) is 18.3 Å². The molecule has 2 aromatic carbocycles. The number of hydrogen-bond donors (Lipinski definition) is 1. The van der Waals surface area contributed by atoms with Gasteiger partial charge in [0, 0.05) is 5.56 Å². The number of carbonyl (C=O) groups is 1. The maximum atomic E-state index is 12.5. The predicted molar refractivity (Wildman–Crippen MR) is 141 cm³/mol. The number of fused-ring (bicyclic) bond motifs is 1. The monoisotopic (exact) mass is 543 g/mol. The van der Waals surface area contributed by atoms with E-state index in [-0.39, 0.29) is 5.69 Å². The Hall–Kier alpha value is -4.61. The second-order valence-corrected chi connectivity index (χ2v) is 8.32. The zero-order chi connectivity index (χ0) is 28.9. The van der Waals surface area contributed by atoms with Gasteiger partial charge in [0.2, 0.25) is 5.75 Å². The molecule has 2 aromatic heterocycles. The predicted octanol–water partition coefficient (Wildman–Crippen LogP) is 5.65. The minimum atomic E-state index is -4.98. The summed E-state index contributed by atoms with van der Waals surface area (Å²) in [4.78, 5) is 19.7. The highest BCUT2D eigenvalue weighted by Gasteiger charge is 2.39. The smallest absolute Gasteiger partial charge is 0.471 e. The van der Waals surface area contributed by atoms with Crippen LogP contribution in [0.4, 0.5) is 18.9 Å². The second-order valence-electron chi connectivity index (χ2n) is 8.32. The molecule has 0 spiro atoms. The van der Waals surface area contributed by atoms with Crippen molar-refractivity contribution in [3.8, 4) is 28.6 Å². The number of para-hydroxylation sites is 1. The Balaban J connectivity index is 0.000000242. The van der Waals surface area contributed by atoms with Crippen molar-refractivity contribution < 1.29 is 32.2 Å². The normalized spacial score (nSPS) is 10.9. The molecule has 0 aliphatic carbocycles. The molecule has 0 unspecified atom stereocenters. The number of allylic oxidation sites excluding steroid dienone is 1. The quantitative estimate of drug-likeness (QED) is 0.335. The van der Waals surface area contributed by atoms with Crippen LogP contribution in [0.15, 0.2) is 49.2 Å². The van der Waals surface area contributed by atoms with E-state index in [1.165, 1.54) is 16.6 Å². The largest absolute Gasteiger partial charge is 0.493 e. The van der Waals surface area contributed by atoms with Gasteiger partial charge in [-0.05, 0) is 50.6 Å². The van der Waals surface area contributed by atoms with Crippen molar-refractivity contribution in [1.29, 1.82) is 0 Å². The second kappa shape index (κ2) is 11.8. The van der Waals surface area contributed by atoms with E-state index in [9.17, 15) is 18.0 Å². The van der Waals surface area contributed by atoms with Gasteiger partial charge in [-0.3, -0.25) is 4.79 Å². The third-order valence-electron chi connectivity index (χ3n) is 5.52.